The van der Waals surface area contributed by atoms with Crippen molar-refractivity contribution in [3.63, 3.8) is 0 Å². The number of aromatic nitrogens is 1. The lowest BCUT2D eigenvalue weighted by Gasteiger charge is -2.12. The van der Waals surface area contributed by atoms with Crippen molar-refractivity contribution < 1.29 is 26.0 Å². The van der Waals surface area contributed by atoms with E-state index >= 15 is 0 Å². The molecule has 2 heterocycles. The molecule has 9 heteroatoms. The number of likely N-dealkylation sites (N-methyl/N-ethyl adjacent to an activating group) is 1. The zero-order valence-electron chi connectivity index (χ0n) is 12.2. The maximum atomic E-state index is 14.1. The smallest absolute Gasteiger partial charge is 0.358 e. The Kier molecular flexibility index (Phi) is 3.68. The molecule has 0 bridgehead atoms. The van der Waals surface area contributed by atoms with Crippen molar-refractivity contribution in [2.45, 2.75) is 23.2 Å². The zero-order valence-corrected chi connectivity index (χ0v) is 13.0. The van der Waals surface area contributed by atoms with Crippen molar-refractivity contribution in [3.8, 4) is 0 Å². The van der Waals surface area contributed by atoms with Gasteiger partial charge < -0.3 is 9.88 Å². The predicted molar refractivity (Wildman–Crippen MR) is 76.4 cm³/mol. The molecule has 1 aromatic carbocycles. The van der Waals surface area contributed by atoms with Crippen molar-refractivity contribution in [1.29, 1.82) is 0 Å². The van der Waals surface area contributed by atoms with E-state index in [1.807, 2.05) is 7.05 Å². The largest absolute Gasteiger partial charge is 0.502 e. The first-order valence-corrected chi connectivity index (χ1v) is 8.42. The van der Waals surface area contributed by atoms with Gasteiger partial charge in [0.05, 0.1) is 0 Å². The molecule has 23 heavy (non-hydrogen) atoms. The lowest BCUT2D eigenvalue weighted by Crippen LogP contribution is -2.24. The predicted octanol–water partition coefficient (Wildman–Crippen LogP) is 2.63. The average molecular weight is 350 g/mol. The van der Waals surface area contributed by atoms with Gasteiger partial charge in [-0.3, -0.25) is 0 Å². The fourth-order valence-corrected chi connectivity index (χ4v) is 3.69. The van der Waals surface area contributed by atoms with Crippen LogP contribution < -0.4 is 0 Å². The van der Waals surface area contributed by atoms with Gasteiger partial charge in [0.25, 0.3) is 9.84 Å². The Morgan fingerprint density at radius 3 is 2.48 bits per heavy atom. The topological polar surface area (TPSA) is 53.2 Å². The van der Waals surface area contributed by atoms with Crippen LogP contribution in [0, 0.1) is 5.82 Å². The third-order valence-electron chi connectivity index (χ3n) is 4.13. The number of nitrogens with zero attached hydrogens (tertiary/aromatic N) is 1. The number of halogens is 4. The van der Waals surface area contributed by atoms with Gasteiger partial charge in [-0.05, 0) is 31.2 Å². The van der Waals surface area contributed by atoms with Crippen molar-refractivity contribution in [2.24, 2.45) is 0 Å². The van der Waals surface area contributed by atoms with Crippen molar-refractivity contribution >= 4 is 20.7 Å². The second kappa shape index (κ2) is 5.20. The summed E-state index contributed by atoms with van der Waals surface area (Å²) in [5.41, 5.74) is -3.68. The highest BCUT2D eigenvalue weighted by molar-refractivity contribution is 7.92. The molecule has 4 nitrogen and oxygen atoms in total. The first-order valence-electron chi connectivity index (χ1n) is 6.94. The molecule has 1 N–H and O–H groups in total. The van der Waals surface area contributed by atoms with Gasteiger partial charge in [0.1, 0.15) is 10.7 Å². The Hall–Kier alpha value is -1.61. The molecule has 0 amide bonds. The number of nitrogens with one attached hydrogen (secondary N) is 1. The summed E-state index contributed by atoms with van der Waals surface area (Å²) in [4.78, 5) is 3.70. The standard InChI is InChI=1S/C14H14F4N2O2S/c1-20-4-2-8-9-6-10(15)13(23(21,22)14(16,17)18)7-12(9)19-11(8)3-5-20/h6-7,19H,2-5H2,1H3. The highest BCUT2D eigenvalue weighted by Crippen LogP contribution is 2.35. The van der Waals surface area contributed by atoms with Crippen LogP contribution >= 0.6 is 0 Å². The Labute approximate surface area is 130 Å². The highest BCUT2D eigenvalue weighted by atomic mass is 32.2. The van der Waals surface area contributed by atoms with E-state index in [9.17, 15) is 26.0 Å². The molecule has 1 aliphatic heterocycles. The van der Waals surface area contributed by atoms with Crippen LogP contribution in [-0.2, 0) is 22.7 Å². The van der Waals surface area contributed by atoms with Gasteiger partial charge in [0, 0.05) is 36.1 Å². The van der Waals surface area contributed by atoms with E-state index in [4.69, 9.17) is 0 Å². The molecule has 0 saturated heterocycles. The number of sulfone groups is 1. The van der Waals surface area contributed by atoms with E-state index in [2.05, 4.69) is 9.88 Å². The Balaban J connectivity index is 2.19. The SMILES string of the molecule is CN1CCc2[nH]c3cc(S(=O)(=O)C(F)(F)F)c(F)cc3c2CC1. The molecule has 2 aromatic rings. The first-order chi connectivity index (χ1) is 10.6. The summed E-state index contributed by atoms with van der Waals surface area (Å²) in [6.07, 6.45) is 1.26. The highest BCUT2D eigenvalue weighted by Gasteiger charge is 2.48. The molecule has 0 fully saturated rings. The molecule has 0 radical (unpaired) electrons. The fourth-order valence-electron chi connectivity index (χ4n) is 2.85. The van der Waals surface area contributed by atoms with Gasteiger partial charge in [-0.2, -0.15) is 13.2 Å². The third kappa shape index (κ3) is 2.61. The van der Waals surface area contributed by atoms with E-state index in [0.717, 1.165) is 36.5 Å². The number of hydrogen-bond acceptors (Lipinski definition) is 3. The monoisotopic (exact) mass is 350 g/mol. The molecular formula is C14H14F4N2O2S. The van der Waals surface area contributed by atoms with Gasteiger partial charge >= 0.3 is 5.51 Å². The number of aromatic amines is 1. The summed E-state index contributed by atoms with van der Waals surface area (Å²) < 4.78 is 75.0. The number of fused-ring (bicyclic) bond motifs is 3. The van der Waals surface area contributed by atoms with Crippen LogP contribution in [0.4, 0.5) is 17.6 Å². The summed E-state index contributed by atoms with van der Waals surface area (Å²) in [5, 5.41) is 0.439. The van der Waals surface area contributed by atoms with Crippen LogP contribution in [0.2, 0.25) is 0 Å². The first kappa shape index (κ1) is 16.3. The van der Waals surface area contributed by atoms with Gasteiger partial charge in [0.2, 0.25) is 0 Å². The summed E-state index contributed by atoms with van der Waals surface area (Å²) in [7, 11) is -3.77. The maximum absolute atomic E-state index is 14.1. The van der Waals surface area contributed by atoms with Crippen LogP contribution in [0.25, 0.3) is 10.9 Å². The van der Waals surface area contributed by atoms with Crippen LogP contribution in [0.5, 0.6) is 0 Å². The minimum Gasteiger partial charge on any atom is -0.358 e. The molecule has 0 aliphatic carbocycles. The number of H-pyrrole nitrogens is 1. The minimum atomic E-state index is -5.72. The molecule has 126 valence electrons. The molecule has 3 rings (SSSR count). The molecule has 0 saturated carbocycles. The zero-order chi connectivity index (χ0) is 17.0. The van der Waals surface area contributed by atoms with Crippen molar-refractivity contribution in [2.75, 3.05) is 20.1 Å². The minimum absolute atomic E-state index is 0.212. The molecule has 0 unspecified atom stereocenters. The van der Waals surface area contributed by atoms with Crippen molar-refractivity contribution in [1.82, 2.24) is 9.88 Å². The quantitative estimate of drug-likeness (QED) is 0.805. The van der Waals surface area contributed by atoms with Gasteiger partial charge in [-0.15, -0.1) is 0 Å². The maximum Gasteiger partial charge on any atom is 0.502 e. The van der Waals surface area contributed by atoms with Crippen molar-refractivity contribution in [3.05, 3.63) is 29.2 Å². The number of rotatable bonds is 1. The van der Waals surface area contributed by atoms with Crippen LogP contribution in [-0.4, -0.2) is 43.9 Å². The van der Waals surface area contributed by atoms with E-state index in [-0.39, 0.29) is 5.52 Å². The van der Waals surface area contributed by atoms with Gasteiger partial charge in [-0.1, -0.05) is 0 Å². The summed E-state index contributed by atoms with van der Waals surface area (Å²) in [5.74, 6) is -1.38. The number of hydrogen-bond donors (Lipinski definition) is 1. The lowest BCUT2D eigenvalue weighted by molar-refractivity contribution is -0.0437. The van der Waals surface area contributed by atoms with E-state index < -0.39 is 26.1 Å². The van der Waals surface area contributed by atoms with Crippen LogP contribution in [0.1, 0.15) is 11.3 Å². The van der Waals surface area contributed by atoms with Crippen LogP contribution in [0.15, 0.2) is 17.0 Å². The summed E-state index contributed by atoms with van der Waals surface area (Å²) >= 11 is 0. The Bertz CT molecular complexity index is 871. The normalized spacial score (nSPS) is 17.3. The Morgan fingerprint density at radius 1 is 1.17 bits per heavy atom. The molecule has 0 atom stereocenters. The number of alkyl halides is 3. The molecule has 0 spiro atoms. The second-order valence-electron chi connectivity index (χ2n) is 5.66. The summed E-state index contributed by atoms with van der Waals surface area (Å²) in [6, 6.07) is 1.63. The van der Waals surface area contributed by atoms with E-state index in [1.54, 1.807) is 0 Å². The molecule has 1 aliphatic rings. The number of benzene rings is 1. The van der Waals surface area contributed by atoms with E-state index in [1.165, 1.54) is 0 Å². The summed E-state index contributed by atoms with van der Waals surface area (Å²) in [6.45, 7) is 1.50. The third-order valence-corrected chi connectivity index (χ3v) is 5.63. The lowest BCUT2D eigenvalue weighted by atomic mass is 10.1. The van der Waals surface area contributed by atoms with Gasteiger partial charge in [0.15, 0.2) is 0 Å². The average Bonchev–Trinajstić information content (AvgIpc) is 2.66. The second-order valence-corrected chi connectivity index (χ2v) is 7.57. The van der Waals surface area contributed by atoms with Gasteiger partial charge in [-0.25, -0.2) is 12.8 Å². The van der Waals surface area contributed by atoms with Crippen LogP contribution in [0.3, 0.4) is 0 Å². The Morgan fingerprint density at radius 2 is 1.83 bits per heavy atom. The molecular weight excluding hydrogens is 336 g/mol. The fraction of sp³-hybridized carbons (Fsp3) is 0.429. The van der Waals surface area contributed by atoms with E-state index in [0.29, 0.717) is 18.2 Å². The molecule has 1 aromatic heterocycles.